The number of aliphatic hydroxyl groups excluding tert-OH is 1. The number of carboxylic acid groups (broad SMARTS) is 1. The standard InChI is InChI=1S/C24H30N4O7S/c25-17(10-15-6-8-16(30)9-7-15)21(31)28-20(13-36)23(33)27-19(12-29)22(32)26-18(24(34)35)11-14-4-2-1-3-5-14/h1-9,17-20,29-30,36H,10-13,25H2,(H,26,32)(H,27,33)(H,28,31)(H,34,35). The van der Waals surface area contributed by atoms with Crippen molar-refractivity contribution >= 4 is 36.3 Å². The van der Waals surface area contributed by atoms with Gasteiger partial charge in [-0.3, -0.25) is 14.4 Å². The van der Waals surface area contributed by atoms with E-state index in [2.05, 4.69) is 28.6 Å². The van der Waals surface area contributed by atoms with Crippen LogP contribution in [0.4, 0.5) is 0 Å². The van der Waals surface area contributed by atoms with Crippen molar-refractivity contribution in [3.05, 3.63) is 65.7 Å². The highest BCUT2D eigenvalue weighted by Gasteiger charge is 2.29. The molecule has 3 amide bonds. The summed E-state index contributed by atoms with van der Waals surface area (Å²) in [5.74, 6) is -3.69. The number of aliphatic hydroxyl groups is 1. The molecule has 0 saturated heterocycles. The van der Waals surface area contributed by atoms with E-state index >= 15 is 0 Å². The lowest BCUT2D eigenvalue weighted by molar-refractivity contribution is -0.142. The molecule has 0 saturated carbocycles. The third-order valence-electron chi connectivity index (χ3n) is 5.26. The molecule has 0 heterocycles. The molecule has 12 heteroatoms. The quantitative estimate of drug-likeness (QED) is 0.154. The average Bonchev–Trinajstić information content (AvgIpc) is 2.86. The average molecular weight is 519 g/mol. The number of carbonyl (C=O) groups is 4. The first-order valence-corrected chi connectivity index (χ1v) is 11.7. The molecular formula is C24H30N4O7S. The Balaban J connectivity index is 1.95. The molecule has 11 nitrogen and oxygen atoms in total. The Labute approximate surface area is 213 Å². The van der Waals surface area contributed by atoms with Crippen LogP contribution in [0, 0.1) is 0 Å². The molecule has 0 spiro atoms. The predicted molar refractivity (Wildman–Crippen MR) is 134 cm³/mol. The van der Waals surface area contributed by atoms with Gasteiger partial charge < -0.3 is 37.0 Å². The summed E-state index contributed by atoms with van der Waals surface area (Å²) in [5, 5.41) is 35.5. The van der Waals surface area contributed by atoms with Gasteiger partial charge in [0.1, 0.15) is 23.9 Å². The minimum Gasteiger partial charge on any atom is -0.508 e. The normalized spacial score (nSPS) is 14.1. The van der Waals surface area contributed by atoms with Crippen molar-refractivity contribution in [1.29, 1.82) is 0 Å². The molecule has 0 aromatic heterocycles. The first kappa shape index (κ1) is 28.6. The topological polar surface area (TPSA) is 191 Å². The number of benzene rings is 2. The molecule has 2 aromatic carbocycles. The fraction of sp³-hybridized carbons (Fsp3) is 0.333. The molecule has 2 aromatic rings. The van der Waals surface area contributed by atoms with Crippen molar-refractivity contribution in [3.63, 3.8) is 0 Å². The summed E-state index contributed by atoms with van der Waals surface area (Å²) in [5.41, 5.74) is 7.30. The van der Waals surface area contributed by atoms with Gasteiger partial charge in [0.05, 0.1) is 12.6 Å². The third-order valence-corrected chi connectivity index (χ3v) is 5.62. The molecular weight excluding hydrogens is 488 g/mol. The highest BCUT2D eigenvalue weighted by molar-refractivity contribution is 7.80. The molecule has 0 aliphatic rings. The number of nitrogens with one attached hydrogen (secondary N) is 3. The largest absolute Gasteiger partial charge is 0.508 e. The van der Waals surface area contributed by atoms with E-state index in [0.717, 1.165) is 0 Å². The Hall–Kier alpha value is -3.61. The van der Waals surface area contributed by atoms with Gasteiger partial charge in [-0.15, -0.1) is 0 Å². The second-order valence-corrected chi connectivity index (χ2v) is 8.42. The lowest BCUT2D eigenvalue weighted by Crippen LogP contribution is -2.58. The molecule has 194 valence electrons. The number of hydrogen-bond acceptors (Lipinski definition) is 8. The fourth-order valence-corrected chi connectivity index (χ4v) is 3.50. The van der Waals surface area contributed by atoms with E-state index in [1.54, 1.807) is 42.5 Å². The van der Waals surface area contributed by atoms with Crippen molar-refractivity contribution in [2.75, 3.05) is 12.4 Å². The highest BCUT2D eigenvalue weighted by atomic mass is 32.1. The van der Waals surface area contributed by atoms with Crippen LogP contribution in [0.25, 0.3) is 0 Å². The van der Waals surface area contributed by atoms with Gasteiger partial charge >= 0.3 is 5.97 Å². The number of rotatable bonds is 13. The Morgan fingerprint density at radius 2 is 1.31 bits per heavy atom. The van der Waals surface area contributed by atoms with Crippen LogP contribution in [0.3, 0.4) is 0 Å². The number of phenolic OH excluding ortho intramolecular Hbond substituents is 1. The number of carbonyl (C=O) groups excluding carboxylic acids is 3. The summed E-state index contributed by atoms with van der Waals surface area (Å²) in [4.78, 5) is 49.3. The minimum absolute atomic E-state index is 0.00223. The van der Waals surface area contributed by atoms with Gasteiger partial charge in [0.2, 0.25) is 17.7 Å². The van der Waals surface area contributed by atoms with Crippen LogP contribution in [0.15, 0.2) is 54.6 Å². The smallest absolute Gasteiger partial charge is 0.326 e. The van der Waals surface area contributed by atoms with Gasteiger partial charge in [0.25, 0.3) is 0 Å². The van der Waals surface area contributed by atoms with Crippen LogP contribution >= 0.6 is 12.6 Å². The zero-order valence-electron chi connectivity index (χ0n) is 19.3. The van der Waals surface area contributed by atoms with Crippen LogP contribution in [-0.2, 0) is 32.0 Å². The zero-order chi connectivity index (χ0) is 26.7. The second-order valence-electron chi connectivity index (χ2n) is 8.05. The first-order valence-electron chi connectivity index (χ1n) is 11.1. The van der Waals surface area contributed by atoms with Crippen molar-refractivity contribution in [1.82, 2.24) is 16.0 Å². The summed E-state index contributed by atoms with van der Waals surface area (Å²) >= 11 is 4.06. The SMILES string of the molecule is NC(Cc1ccc(O)cc1)C(=O)NC(CS)C(=O)NC(CO)C(=O)NC(Cc1ccccc1)C(=O)O. The van der Waals surface area contributed by atoms with Crippen molar-refractivity contribution < 1.29 is 34.5 Å². The fourth-order valence-electron chi connectivity index (χ4n) is 3.24. The summed E-state index contributed by atoms with van der Waals surface area (Å²) in [6.07, 6.45) is 0.148. The van der Waals surface area contributed by atoms with E-state index in [4.69, 9.17) is 5.73 Å². The molecule has 0 aliphatic heterocycles. The molecule has 4 atom stereocenters. The van der Waals surface area contributed by atoms with Gasteiger partial charge in [-0.05, 0) is 29.7 Å². The van der Waals surface area contributed by atoms with E-state index < -0.39 is 54.5 Å². The second kappa shape index (κ2) is 14.1. The molecule has 0 aliphatic carbocycles. The number of amides is 3. The molecule has 0 radical (unpaired) electrons. The summed E-state index contributed by atoms with van der Waals surface area (Å²) < 4.78 is 0. The Morgan fingerprint density at radius 1 is 0.778 bits per heavy atom. The number of aromatic hydroxyl groups is 1. The Morgan fingerprint density at radius 3 is 1.86 bits per heavy atom. The highest BCUT2D eigenvalue weighted by Crippen LogP contribution is 2.11. The molecule has 0 fully saturated rings. The Bertz CT molecular complexity index is 1040. The molecule has 0 bridgehead atoms. The van der Waals surface area contributed by atoms with Crippen molar-refractivity contribution in [2.24, 2.45) is 5.73 Å². The number of hydrogen-bond donors (Lipinski definition) is 8. The summed E-state index contributed by atoms with van der Waals surface area (Å²) in [7, 11) is 0. The van der Waals surface area contributed by atoms with Gasteiger partial charge in [0, 0.05) is 12.2 Å². The van der Waals surface area contributed by atoms with Gasteiger partial charge in [-0.1, -0.05) is 42.5 Å². The van der Waals surface area contributed by atoms with Crippen LogP contribution in [0.2, 0.25) is 0 Å². The summed E-state index contributed by atoms with van der Waals surface area (Å²) in [6.45, 7) is -0.803. The third kappa shape index (κ3) is 8.87. The van der Waals surface area contributed by atoms with Crippen LogP contribution in [-0.4, -0.2) is 75.5 Å². The number of carboxylic acids is 1. The maximum absolute atomic E-state index is 12.7. The number of thiol groups is 1. The zero-order valence-corrected chi connectivity index (χ0v) is 20.2. The Kier molecular flexibility index (Phi) is 11.2. The van der Waals surface area contributed by atoms with Crippen LogP contribution < -0.4 is 21.7 Å². The lowest BCUT2D eigenvalue weighted by Gasteiger charge is -2.23. The van der Waals surface area contributed by atoms with Crippen LogP contribution in [0.5, 0.6) is 5.75 Å². The molecule has 36 heavy (non-hydrogen) atoms. The van der Waals surface area contributed by atoms with E-state index in [1.165, 1.54) is 12.1 Å². The number of nitrogens with two attached hydrogens (primary N) is 1. The van der Waals surface area contributed by atoms with E-state index in [0.29, 0.717) is 11.1 Å². The van der Waals surface area contributed by atoms with Gasteiger partial charge in [-0.2, -0.15) is 12.6 Å². The monoisotopic (exact) mass is 518 g/mol. The van der Waals surface area contributed by atoms with E-state index in [9.17, 15) is 34.5 Å². The lowest BCUT2D eigenvalue weighted by atomic mass is 10.1. The molecule has 4 unspecified atom stereocenters. The van der Waals surface area contributed by atoms with Gasteiger partial charge in [-0.25, -0.2) is 4.79 Å². The summed E-state index contributed by atoms with van der Waals surface area (Å²) in [6, 6.07) is 9.86. The molecule has 2 rings (SSSR count). The van der Waals surface area contributed by atoms with Crippen molar-refractivity contribution in [3.8, 4) is 5.75 Å². The van der Waals surface area contributed by atoms with Crippen molar-refractivity contribution in [2.45, 2.75) is 37.0 Å². The maximum Gasteiger partial charge on any atom is 0.326 e. The number of phenols is 1. The van der Waals surface area contributed by atoms with Gasteiger partial charge in [0.15, 0.2) is 0 Å². The first-order chi connectivity index (χ1) is 17.1. The maximum atomic E-state index is 12.7. The number of aliphatic carboxylic acids is 1. The van der Waals surface area contributed by atoms with E-state index in [1.807, 2.05) is 0 Å². The molecule has 8 N–H and O–H groups in total. The predicted octanol–water partition coefficient (Wildman–Crippen LogP) is -1.03. The van der Waals surface area contributed by atoms with Crippen LogP contribution in [0.1, 0.15) is 11.1 Å². The van der Waals surface area contributed by atoms with E-state index in [-0.39, 0.29) is 24.3 Å². The minimum atomic E-state index is -1.46.